The average molecular weight is 363 g/mol. The number of nitrogens with two attached hydrogens (primary N) is 1. The van der Waals surface area contributed by atoms with Gasteiger partial charge in [0.1, 0.15) is 17.8 Å². The van der Waals surface area contributed by atoms with Gasteiger partial charge in [-0.3, -0.25) is 4.79 Å². The lowest BCUT2D eigenvalue weighted by Gasteiger charge is -2.15. The largest absolute Gasteiger partial charge is 0.465 e. The van der Waals surface area contributed by atoms with Gasteiger partial charge in [-0.2, -0.15) is 0 Å². The van der Waals surface area contributed by atoms with Crippen LogP contribution in [0.1, 0.15) is 50.0 Å². The van der Waals surface area contributed by atoms with Crippen LogP contribution in [0.25, 0.3) is 0 Å². The molecule has 8 heteroatoms. The zero-order valence-corrected chi connectivity index (χ0v) is 14.7. The Morgan fingerprint density at radius 2 is 2.08 bits per heavy atom. The molecule has 0 saturated carbocycles. The summed E-state index contributed by atoms with van der Waals surface area (Å²) in [5.41, 5.74) is 9.40. The third-order valence-electron chi connectivity index (χ3n) is 4.32. The number of nitrogen functional groups attached to an aromatic ring is 1. The van der Waals surface area contributed by atoms with Gasteiger partial charge >= 0.3 is 5.97 Å². The third kappa shape index (κ3) is 3.56. The molecule has 3 rings (SSSR count). The smallest absolute Gasteiger partial charge is 0.338 e. The van der Waals surface area contributed by atoms with E-state index in [1.807, 2.05) is 13.0 Å². The van der Waals surface area contributed by atoms with Gasteiger partial charge in [0.2, 0.25) is 0 Å². The number of anilines is 1. The van der Waals surface area contributed by atoms with Crippen LogP contribution < -0.4 is 11.1 Å². The molecule has 1 amide bonds. The summed E-state index contributed by atoms with van der Waals surface area (Å²) in [5, 5.41) is 2.97. The first kappa shape index (κ1) is 18.7. The van der Waals surface area contributed by atoms with Crippen LogP contribution in [0, 0.1) is 6.92 Å². The second kappa shape index (κ2) is 7.48. The van der Waals surface area contributed by atoms with Gasteiger partial charge in [-0.25, -0.2) is 14.8 Å². The van der Waals surface area contributed by atoms with E-state index >= 15 is 0 Å². The van der Waals surface area contributed by atoms with Gasteiger partial charge in [0.05, 0.1) is 18.7 Å². The van der Waals surface area contributed by atoms with Crippen LogP contribution in [-0.2, 0) is 11.2 Å². The lowest BCUT2D eigenvalue weighted by atomic mass is 9.98. The van der Waals surface area contributed by atoms with Gasteiger partial charge in [0.25, 0.3) is 5.91 Å². The molecule has 0 aliphatic heterocycles. The first-order valence-corrected chi connectivity index (χ1v) is 7.60. The Kier molecular flexibility index (Phi) is 5.58. The number of aromatic nitrogens is 2. The number of nitrogens with one attached hydrogen (secondary N) is 1. The van der Waals surface area contributed by atoms with E-state index in [-0.39, 0.29) is 41.8 Å². The van der Waals surface area contributed by atoms with Crippen molar-refractivity contribution in [3.63, 3.8) is 0 Å². The molecule has 7 nitrogen and oxygen atoms in total. The zero-order chi connectivity index (χ0) is 17.3. The number of rotatable bonds is 3. The van der Waals surface area contributed by atoms with Crippen LogP contribution in [0.15, 0.2) is 24.5 Å². The molecule has 0 fully saturated rings. The molecule has 2 aromatic rings. The predicted octanol–water partition coefficient (Wildman–Crippen LogP) is 1.99. The number of halogens is 1. The fraction of sp³-hybridized carbons (Fsp3) is 0.294. The number of hydrogen-bond donors (Lipinski definition) is 2. The molecular weight excluding hydrogens is 344 g/mol. The lowest BCUT2D eigenvalue weighted by molar-refractivity contribution is 0.0599. The zero-order valence-electron chi connectivity index (χ0n) is 13.9. The lowest BCUT2D eigenvalue weighted by Crippen LogP contribution is -2.28. The molecule has 132 valence electrons. The highest BCUT2D eigenvalue weighted by Gasteiger charge is 2.28. The summed E-state index contributed by atoms with van der Waals surface area (Å²) in [5.74, 6) is -0.392. The first-order chi connectivity index (χ1) is 11.5. The van der Waals surface area contributed by atoms with Crippen LogP contribution in [0.2, 0.25) is 0 Å². The third-order valence-corrected chi connectivity index (χ3v) is 4.32. The molecule has 3 N–H and O–H groups in total. The van der Waals surface area contributed by atoms with Gasteiger partial charge < -0.3 is 15.8 Å². The minimum atomic E-state index is -0.348. The Morgan fingerprint density at radius 3 is 2.76 bits per heavy atom. The number of esters is 1. The standard InChI is InChI=1S/C17H18N4O3.ClH/c1-9-10-5-6-13(12(10)4-3-11(9)17(23)24-2)21-16(22)14-7-15(18)20-8-19-14;/h3-4,7-8,13H,5-6H2,1-2H3,(H,21,22)(H2,18,19,20);1H/t13-;/m0./s1. The first-order valence-electron chi connectivity index (χ1n) is 7.60. The molecule has 1 aromatic carbocycles. The Labute approximate surface area is 151 Å². The van der Waals surface area contributed by atoms with E-state index in [1.165, 1.54) is 19.5 Å². The highest BCUT2D eigenvalue weighted by Crippen LogP contribution is 2.35. The van der Waals surface area contributed by atoms with Crippen LogP contribution in [0.3, 0.4) is 0 Å². The molecule has 0 saturated heterocycles. The van der Waals surface area contributed by atoms with Crippen molar-refractivity contribution in [2.24, 2.45) is 0 Å². The maximum Gasteiger partial charge on any atom is 0.338 e. The van der Waals surface area contributed by atoms with Crippen molar-refractivity contribution in [3.8, 4) is 0 Å². The van der Waals surface area contributed by atoms with Crippen molar-refractivity contribution >= 4 is 30.1 Å². The minimum Gasteiger partial charge on any atom is -0.465 e. The number of methoxy groups -OCH3 is 1. The summed E-state index contributed by atoms with van der Waals surface area (Å²) in [4.78, 5) is 31.8. The van der Waals surface area contributed by atoms with Crippen LogP contribution in [-0.4, -0.2) is 29.0 Å². The number of carbonyl (C=O) groups is 2. The maximum atomic E-state index is 12.3. The molecule has 1 aliphatic rings. The van der Waals surface area contributed by atoms with Crippen molar-refractivity contribution in [2.75, 3.05) is 12.8 Å². The molecule has 0 bridgehead atoms. The van der Waals surface area contributed by atoms with Gasteiger partial charge in [-0.15, -0.1) is 12.4 Å². The molecule has 0 spiro atoms. The van der Waals surface area contributed by atoms with Crippen LogP contribution in [0.4, 0.5) is 5.82 Å². The number of ether oxygens (including phenoxy) is 1. The predicted molar refractivity (Wildman–Crippen MR) is 94.7 cm³/mol. The number of fused-ring (bicyclic) bond motifs is 1. The second-order valence-electron chi connectivity index (χ2n) is 5.69. The number of carbonyl (C=O) groups excluding carboxylic acids is 2. The maximum absolute atomic E-state index is 12.3. The Morgan fingerprint density at radius 1 is 1.32 bits per heavy atom. The van der Waals surface area contributed by atoms with Crippen molar-refractivity contribution < 1.29 is 14.3 Å². The van der Waals surface area contributed by atoms with Gasteiger partial charge in [-0.05, 0) is 42.5 Å². The Hall–Kier alpha value is -2.67. The van der Waals surface area contributed by atoms with Gasteiger partial charge in [-0.1, -0.05) is 6.07 Å². The van der Waals surface area contributed by atoms with Crippen molar-refractivity contribution in [1.29, 1.82) is 0 Å². The summed E-state index contributed by atoms with van der Waals surface area (Å²) in [6.45, 7) is 1.90. The highest BCUT2D eigenvalue weighted by molar-refractivity contribution is 5.93. The van der Waals surface area contributed by atoms with Gasteiger partial charge in [0, 0.05) is 6.07 Å². The van der Waals surface area contributed by atoms with Crippen LogP contribution >= 0.6 is 12.4 Å². The van der Waals surface area contributed by atoms with E-state index in [2.05, 4.69) is 15.3 Å². The monoisotopic (exact) mass is 362 g/mol. The summed E-state index contributed by atoms with van der Waals surface area (Å²) in [6, 6.07) is 4.94. The molecule has 1 heterocycles. The fourth-order valence-corrected chi connectivity index (χ4v) is 3.09. The van der Waals surface area contributed by atoms with Crippen molar-refractivity contribution in [1.82, 2.24) is 15.3 Å². The minimum absolute atomic E-state index is 0. The number of nitrogens with zero attached hydrogens (tertiary/aromatic N) is 2. The summed E-state index contributed by atoms with van der Waals surface area (Å²) in [6.07, 6.45) is 2.83. The van der Waals surface area contributed by atoms with E-state index in [4.69, 9.17) is 10.5 Å². The van der Waals surface area contributed by atoms with Gasteiger partial charge in [0.15, 0.2) is 0 Å². The number of hydrogen-bond acceptors (Lipinski definition) is 6. The molecular formula is C17H19ClN4O3. The van der Waals surface area contributed by atoms with Crippen molar-refractivity contribution in [3.05, 3.63) is 52.5 Å². The summed E-state index contributed by atoms with van der Waals surface area (Å²) >= 11 is 0. The normalized spacial score (nSPS) is 15.0. The Bertz CT molecular complexity index is 826. The molecule has 0 unspecified atom stereocenters. The topological polar surface area (TPSA) is 107 Å². The van der Waals surface area contributed by atoms with Crippen molar-refractivity contribution in [2.45, 2.75) is 25.8 Å². The van der Waals surface area contributed by atoms with E-state index in [0.29, 0.717) is 5.56 Å². The fourth-order valence-electron chi connectivity index (χ4n) is 3.09. The number of benzene rings is 1. The van der Waals surface area contributed by atoms with Crippen LogP contribution in [0.5, 0.6) is 0 Å². The van der Waals surface area contributed by atoms with E-state index in [9.17, 15) is 9.59 Å². The molecule has 25 heavy (non-hydrogen) atoms. The Balaban J connectivity index is 0.00000225. The summed E-state index contributed by atoms with van der Waals surface area (Å²) in [7, 11) is 1.37. The SMILES string of the molecule is COC(=O)c1ccc2c(c1C)CC[C@@H]2NC(=O)c1cc(N)ncn1.Cl. The average Bonchev–Trinajstić information content (AvgIpc) is 2.98. The quantitative estimate of drug-likeness (QED) is 0.808. The number of amides is 1. The molecule has 1 atom stereocenters. The van der Waals surface area contributed by atoms with E-state index in [1.54, 1.807) is 6.07 Å². The summed E-state index contributed by atoms with van der Waals surface area (Å²) < 4.78 is 4.80. The van der Waals surface area contributed by atoms with E-state index in [0.717, 1.165) is 29.5 Å². The molecule has 0 radical (unpaired) electrons. The molecule has 1 aromatic heterocycles. The highest BCUT2D eigenvalue weighted by atomic mass is 35.5. The second-order valence-corrected chi connectivity index (χ2v) is 5.69. The molecule has 1 aliphatic carbocycles. The van der Waals surface area contributed by atoms with E-state index < -0.39 is 0 Å².